The van der Waals surface area contributed by atoms with Crippen LogP contribution in [0.15, 0.2) is 494 Å². The molecule has 28 aromatic rings. The van der Waals surface area contributed by atoms with E-state index in [2.05, 4.69) is 473 Å². The van der Waals surface area contributed by atoms with Crippen LogP contribution < -0.4 is 0 Å². The van der Waals surface area contributed by atoms with Crippen molar-refractivity contribution < 1.29 is 8.83 Å². The molecule has 0 saturated carbocycles. The summed E-state index contributed by atoms with van der Waals surface area (Å²) in [5.41, 5.74) is 53.2. The third kappa shape index (κ3) is 10.0. The molecule has 3 spiro atoms. The average Bonchev–Trinajstić information content (AvgIpc) is 1.51. The number of fused-ring (bicyclic) bond motifs is 53. The summed E-state index contributed by atoms with van der Waals surface area (Å²) in [6.45, 7) is 0. The van der Waals surface area contributed by atoms with Gasteiger partial charge in [0.05, 0.1) is 16.2 Å². The molecule has 3 atom stereocenters. The largest absolute Gasteiger partial charge is 0.456 e. The number of thiophene rings is 1. The van der Waals surface area contributed by atoms with E-state index in [0.29, 0.717) is 0 Å². The van der Waals surface area contributed by atoms with E-state index in [1.54, 1.807) is 0 Å². The van der Waals surface area contributed by atoms with Crippen LogP contribution in [0.5, 0.6) is 0 Å². The molecule has 8 aliphatic rings. The number of hydrogen-bond acceptors (Lipinski definition) is 3. The van der Waals surface area contributed by atoms with Crippen LogP contribution in [0.4, 0.5) is 0 Å². The summed E-state index contributed by atoms with van der Waals surface area (Å²) in [7, 11) is 0. The Balaban J connectivity index is 0.0000000941. The number of para-hydroxylation sites is 2. The molecular formula is C143H80O2S. The lowest BCUT2D eigenvalue weighted by Crippen LogP contribution is -2.26. The fraction of sp³-hybridized carbons (Fsp3) is 0.0210. The van der Waals surface area contributed by atoms with E-state index in [4.69, 9.17) is 8.83 Å². The van der Waals surface area contributed by atoms with Crippen molar-refractivity contribution in [1.82, 2.24) is 0 Å². The second-order valence-corrected chi connectivity index (χ2v) is 42.0. The van der Waals surface area contributed by atoms with Crippen LogP contribution in [0.3, 0.4) is 0 Å². The van der Waals surface area contributed by atoms with Gasteiger partial charge >= 0.3 is 0 Å². The molecule has 0 amide bonds. The standard InChI is InChI=1S/C49H28O.C47H26O.C47H26S/c1-3-14-33-31(12-1)32-13-2-4-15-34(32)39-28-45-40(27-38(33)39)35-16-5-8-20-42(35)49(45)43-21-9-6-18-37(43)48-30(19-11-22-44(48)49)29-24-25-47-41(26-29)36-17-7-10-23-46(36)50-47;1-2-12-30-29(11-1)32-17-9-18-35-44(32)37(30)26-41-46(35)34-15-4-7-20-39(34)47(41)38-19-6-3-14-33(38)45-28(16-10-21-40(45)47)27-23-24-43-36(25-27)31-13-5-8-22-42(31)48-43;1-2-11-30-29(10-1)33-15-9-16-35-45(33)38(30)26-42-46(35)34-14-4-7-18-40(34)47(42)39-17-6-3-12-31(39)36-24-27(20-22-41(36)47)28-21-23-44-37(25-28)32-13-5-8-19-43(32)48-44/h1-28H;2*1-26H. The summed E-state index contributed by atoms with van der Waals surface area (Å²) in [6, 6.07) is 182. The second kappa shape index (κ2) is 29.0. The van der Waals surface area contributed by atoms with Gasteiger partial charge in [-0.1, -0.05) is 400 Å². The van der Waals surface area contributed by atoms with Crippen LogP contribution >= 0.6 is 11.3 Å². The first kappa shape index (κ1) is 79.3. The number of benzene rings is 25. The van der Waals surface area contributed by atoms with Crippen molar-refractivity contribution in [3.05, 3.63) is 552 Å². The van der Waals surface area contributed by atoms with Gasteiger partial charge < -0.3 is 8.83 Å². The predicted molar refractivity (Wildman–Crippen MR) is 608 cm³/mol. The zero-order valence-corrected chi connectivity index (χ0v) is 79.7. The number of furan rings is 2. The SMILES string of the molecule is c1ccc2c(c1)-c1cc3c4ccccc4c4ccccc4c3cc1C21c2ccccc2-c2c(-c3ccc4oc5ccccc5c4c3)cccc21.c1ccc2c(c1)-c1cccc3c4c(cc-2c13)C1(c2ccccc2-c2c(-c3ccc5oc6ccccc6c5c3)cccc21)c1ccccc1-4.c1ccc2c(c1)-c1cccc3c4c(cc-2c13)C1(c2ccccc2-c2cc(-c3ccc5sc6ccccc6c5c3)ccc21)c1ccccc1-4. The summed E-state index contributed by atoms with van der Waals surface area (Å²) in [5.74, 6) is 0. The molecule has 0 radical (unpaired) electrons. The van der Waals surface area contributed by atoms with Gasteiger partial charge in [-0.05, 0) is 350 Å². The first-order valence-electron chi connectivity index (χ1n) is 51.0. The van der Waals surface area contributed by atoms with Crippen LogP contribution in [0.25, 0.3) is 263 Å². The molecular weight excluding hydrogens is 1780 g/mol. The molecule has 0 N–H and O–H groups in total. The van der Waals surface area contributed by atoms with E-state index in [1.807, 2.05) is 23.5 Å². The lowest BCUT2D eigenvalue weighted by molar-refractivity contribution is 0.668. The van der Waals surface area contributed by atoms with Gasteiger partial charge in [-0.2, -0.15) is 0 Å². The Morgan fingerprint density at radius 1 is 0.130 bits per heavy atom. The van der Waals surface area contributed by atoms with Gasteiger partial charge in [0.25, 0.3) is 0 Å². The van der Waals surface area contributed by atoms with Crippen LogP contribution in [-0.4, -0.2) is 0 Å². The minimum atomic E-state index is -0.443. The molecule has 3 heterocycles. The van der Waals surface area contributed by atoms with Crippen molar-refractivity contribution in [3.63, 3.8) is 0 Å². The highest BCUT2D eigenvalue weighted by Gasteiger charge is 2.57. The predicted octanol–water partition coefficient (Wildman–Crippen LogP) is 38.3. The Morgan fingerprint density at radius 3 is 0.925 bits per heavy atom. The van der Waals surface area contributed by atoms with E-state index in [1.165, 1.54) is 285 Å². The van der Waals surface area contributed by atoms with Crippen LogP contribution in [0, 0.1) is 0 Å². The quantitative estimate of drug-likeness (QED) is 0.165. The Morgan fingerprint density at radius 2 is 0.432 bits per heavy atom. The van der Waals surface area contributed by atoms with Gasteiger partial charge in [0.15, 0.2) is 0 Å². The van der Waals surface area contributed by atoms with Crippen LogP contribution in [-0.2, 0) is 16.2 Å². The van der Waals surface area contributed by atoms with E-state index in [0.717, 1.165) is 43.9 Å². The Labute approximate surface area is 844 Å². The maximum Gasteiger partial charge on any atom is 0.135 e. The van der Waals surface area contributed by atoms with Crippen molar-refractivity contribution in [1.29, 1.82) is 0 Å². The van der Waals surface area contributed by atoms with Crippen LogP contribution in [0.1, 0.15) is 66.8 Å². The fourth-order valence-corrected chi connectivity index (χ4v) is 30.1. The van der Waals surface area contributed by atoms with Gasteiger partial charge in [0, 0.05) is 41.7 Å². The van der Waals surface area contributed by atoms with E-state index < -0.39 is 10.8 Å². The molecule has 0 bridgehead atoms. The minimum absolute atomic E-state index is 0.387. The molecule has 670 valence electrons. The highest BCUT2D eigenvalue weighted by Crippen LogP contribution is 2.71. The molecule has 3 unspecified atom stereocenters. The maximum atomic E-state index is 6.24. The lowest BCUT2D eigenvalue weighted by Gasteiger charge is -2.31. The zero-order chi connectivity index (χ0) is 94.8. The Kier molecular flexibility index (Phi) is 15.7. The van der Waals surface area contributed by atoms with Gasteiger partial charge in [0.1, 0.15) is 22.3 Å². The molecule has 25 aromatic carbocycles. The second-order valence-electron chi connectivity index (χ2n) is 40.9. The first-order valence-corrected chi connectivity index (χ1v) is 51.8. The first-order chi connectivity index (χ1) is 72.4. The average molecular weight is 1860 g/mol. The molecule has 146 heavy (non-hydrogen) atoms. The topological polar surface area (TPSA) is 26.3 Å². The third-order valence-electron chi connectivity index (χ3n) is 34.5. The summed E-state index contributed by atoms with van der Waals surface area (Å²) >= 11 is 1.88. The van der Waals surface area contributed by atoms with Gasteiger partial charge in [-0.3, -0.25) is 0 Å². The summed E-state index contributed by atoms with van der Waals surface area (Å²) in [5, 5.41) is 20.6. The smallest absolute Gasteiger partial charge is 0.135 e. The van der Waals surface area contributed by atoms with Crippen LogP contribution in [0.2, 0.25) is 0 Å². The summed E-state index contributed by atoms with van der Waals surface area (Å²) in [6.07, 6.45) is 0. The van der Waals surface area contributed by atoms with E-state index in [9.17, 15) is 0 Å². The summed E-state index contributed by atoms with van der Waals surface area (Å²) < 4.78 is 15.2. The zero-order valence-electron chi connectivity index (χ0n) is 78.9. The van der Waals surface area contributed by atoms with Crippen molar-refractivity contribution in [3.8, 4) is 145 Å². The molecule has 2 nitrogen and oxygen atoms in total. The summed E-state index contributed by atoms with van der Waals surface area (Å²) in [4.78, 5) is 0. The van der Waals surface area contributed by atoms with Crippen molar-refractivity contribution in [2.45, 2.75) is 16.2 Å². The van der Waals surface area contributed by atoms with Crippen molar-refractivity contribution in [2.24, 2.45) is 0 Å². The molecule has 8 aliphatic carbocycles. The number of rotatable bonds is 3. The molecule has 3 aromatic heterocycles. The molecule has 0 fully saturated rings. The van der Waals surface area contributed by atoms with E-state index in [-0.39, 0.29) is 5.41 Å². The maximum absolute atomic E-state index is 6.24. The normalized spacial score (nSPS) is 15.9. The minimum Gasteiger partial charge on any atom is -0.456 e. The molecule has 36 rings (SSSR count). The molecule has 0 saturated heterocycles. The van der Waals surface area contributed by atoms with Gasteiger partial charge in [-0.25, -0.2) is 0 Å². The Hall–Kier alpha value is -18.4. The van der Waals surface area contributed by atoms with Gasteiger partial charge in [-0.15, -0.1) is 11.3 Å². The highest BCUT2D eigenvalue weighted by atomic mass is 32.1. The van der Waals surface area contributed by atoms with Crippen molar-refractivity contribution in [2.75, 3.05) is 0 Å². The Bertz CT molecular complexity index is 10800. The fourth-order valence-electron chi connectivity index (χ4n) is 29.0. The van der Waals surface area contributed by atoms with Crippen molar-refractivity contribution >= 4 is 129 Å². The third-order valence-corrected chi connectivity index (χ3v) is 35.7. The number of hydrogen-bond donors (Lipinski definition) is 0. The van der Waals surface area contributed by atoms with E-state index >= 15 is 0 Å². The lowest BCUT2D eigenvalue weighted by atomic mass is 9.70. The molecule has 3 heteroatoms. The highest BCUT2D eigenvalue weighted by molar-refractivity contribution is 7.25. The monoisotopic (exact) mass is 1860 g/mol. The van der Waals surface area contributed by atoms with Gasteiger partial charge in [0.2, 0.25) is 0 Å². The molecule has 0 aliphatic heterocycles.